The molecule has 1 N–H and O–H groups in total. The highest BCUT2D eigenvalue weighted by Gasteiger charge is 2.13. The minimum absolute atomic E-state index is 0.226. The summed E-state index contributed by atoms with van der Waals surface area (Å²) in [5.74, 6) is -1.01. The Bertz CT molecular complexity index is 359. The summed E-state index contributed by atoms with van der Waals surface area (Å²) in [6.07, 6.45) is 2.83. The molecule has 0 aliphatic carbocycles. The van der Waals surface area contributed by atoms with E-state index in [2.05, 4.69) is 15.0 Å². The first-order valence-corrected chi connectivity index (χ1v) is 3.90. The van der Waals surface area contributed by atoms with Crippen LogP contribution < -0.4 is 0 Å². The number of carbonyl (C=O) groups is 1. The Morgan fingerprint density at radius 2 is 2.57 bits per heavy atom. The van der Waals surface area contributed by atoms with E-state index >= 15 is 0 Å². The van der Waals surface area contributed by atoms with Gasteiger partial charge in [0.2, 0.25) is 0 Å². The van der Waals surface area contributed by atoms with Crippen molar-refractivity contribution in [1.29, 1.82) is 0 Å². The molecule has 1 aromatic rings. The summed E-state index contributed by atoms with van der Waals surface area (Å²) < 4.78 is 0. The number of rotatable bonds is 4. The molecule has 6 nitrogen and oxygen atoms in total. The molecule has 0 saturated heterocycles. The maximum absolute atomic E-state index is 10.5. The van der Waals surface area contributed by atoms with Crippen molar-refractivity contribution in [2.75, 3.05) is 0 Å². The Kier molecular flexibility index (Phi) is 3.46. The van der Waals surface area contributed by atoms with Gasteiger partial charge in [-0.2, -0.15) is 0 Å². The molecule has 0 bridgehead atoms. The summed E-state index contributed by atoms with van der Waals surface area (Å²) in [7, 11) is 0. The van der Waals surface area contributed by atoms with Crippen LogP contribution in [0.5, 0.6) is 0 Å². The molecule has 0 aliphatic rings. The quantitative estimate of drug-likeness (QED) is 0.448. The first kappa shape index (κ1) is 10.0. The van der Waals surface area contributed by atoms with Gasteiger partial charge in [0.15, 0.2) is 0 Å². The number of aliphatic carboxylic acids is 1. The predicted molar refractivity (Wildman–Crippen MR) is 48.4 cm³/mol. The van der Waals surface area contributed by atoms with E-state index in [1.54, 1.807) is 18.3 Å². The summed E-state index contributed by atoms with van der Waals surface area (Å²) in [6.45, 7) is 0. The summed E-state index contributed by atoms with van der Waals surface area (Å²) >= 11 is 0. The molecular formula is C8H8N4O2. The number of carboxylic acids is 1. The topological polar surface area (TPSA) is 99.0 Å². The van der Waals surface area contributed by atoms with Gasteiger partial charge in [0.1, 0.15) is 0 Å². The molecule has 0 amide bonds. The van der Waals surface area contributed by atoms with Crippen LogP contribution >= 0.6 is 0 Å². The summed E-state index contributed by atoms with van der Waals surface area (Å²) in [5.41, 5.74) is 8.86. The van der Waals surface area contributed by atoms with Gasteiger partial charge in [-0.25, -0.2) is 0 Å². The molecule has 1 atom stereocenters. The first-order valence-electron chi connectivity index (χ1n) is 3.90. The highest BCUT2D eigenvalue weighted by atomic mass is 16.4. The fourth-order valence-corrected chi connectivity index (χ4v) is 1.03. The molecule has 0 aliphatic heterocycles. The van der Waals surface area contributed by atoms with E-state index in [0.29, 0.717) is 5.56 Å². The molecule has 0 saturated carbocycles. The second-order valence-electron chi connectivity index (χ2n) is 2.60. The number of carboxylic acid groups (broad SMARTS) is 1. The molecule has 1 unspecified atom stereocenters. The van der Waals surface area contributed by atoms with Gasteiger partial charge in [0.25, 0.3) is 0 Å². The summed E-state index contributed by atoms with van der Waals surface area (Å²) in [6, 6.07) is 2.65. The van der Waals surface area contributed by atoms with Crippen molar-refractivity contribution in [2.24, 2.45) is 5.11 Å². The SMILES string of the molecule is [N-]=[N+]=NC(CC(=O)O)c1cccnc1. The summed E-state index contributed by atoms with van der Waals surface area (Å²) in [4.78, 5) is 16.9. The zero-order chi connectivity index (χ0) is 10.4. The normalized spacial score (nSPS) is 11.4. The van der Waals surface area contributed by atoms with E-state index in [0.717, 1.165) is 0 Å². The van der Waals surface area contributed by atoms with Crippen molar-refractivity contribution < 1.29 is 9.90 Å². The van der Waals surface area contributed by atoms with Crippen LogP contribution in [0.1, 0.15) is 18.0 Å². The Hall–Kier alpha value is -2.07. The number of azide groups is 1. The molecule has 0 aromatic carbocycles. The highest BCUT2D eigenvalue weighted by Crippen LogP contribution is 2.20. The van der Waals surface area contributed by atoms with Crippen molar-refractivity contribution in [2.45, 2.75) is 12.5 Å². The summed E-state index contributed by atoms with van der Waals surface area (Å²) in [5, 5.41) is 12.0. The maximum atomic E-state index is 10.5. The number of pyridine rings is 1. The third-order valence-electron chi connectivity index (χ3n) is 1.63. The lowest BCUT2D eigenvalue weighted by molar-refractivity contribution is -0.137. The van der Waals surface area contributed by atoms with Crippen molar-refractivity contribution in [3.63, 3.8) is 0 Å². The molecule has 6 heteroatoms. The van der Waals surface area contributed by atoms with E-state index in [-0.39, 0.29) is 6.42 Å². The number of nitrogens with zero attached hydrogens (tertiary/aromatic N) is 4. The number of hydrogen-bond donors (Lipinski definition) is 1. The molecule has 14 heavy (non-hydrogen) atoms. The first-order chi connectivity index (χ1) is 6.74. The van der Waals surface area contributed by atoms with Gasteiger partial charge in [0, 0.05) is 17.3 Å². The standard InChI is InChI=1S/C8H8N4O2/c9-12-11-7(4-8(13)14)6-2-1-3-10-5-6/h1-3,5,7H,4H2,(H,13,14). The van der Waals surface area contributed by atoms with E-state index in [1.165, 1.54) is 6.20 Å². The average Bonchev–Trinajstić information content (AvgIpc) is 2.18. The van der Waals surface area contributed by atoms with Crippen molar-refractivity contribution >= 4 is 5.97 Å². The lowest BCUT2D eigenvalue weighted by atomic mass is 10.1. The monoisotopic (exact) mass is 192 g/mol. The van der Waals surface area contributed by atoms with Crippen LogP contribution in [0.25, 0.3) is 10.4 Å². The van der Waals surface area contributed by atoms with Crippen LogP contribution in [0.15, 0.2) is 29.6 Å². The molecule has 0 spiro atoms. The van der Waals surface area contributed by atoms with Crippen LogP contribution in [0.2, 0.25) is 0 Å². The van der Waals surface area contributed by atoms with E-state index < -0.39 is 12.0 Å². The van der Waals surface area contributed by atoms with Gasteiger partial charge in [-0.3, -0.25) is 9.78 Å². The van der Waals surface area contributed by atoms with Crippen molar-refractivity contribution in [3.05, 3.63) is 40.5 Å². The van der Waals surface area contributed by atoms with Crippen LogP contribution in [0, 0.1) is 0 Å². The van der Waals surface area contributed by atoms with Crippen LogP contribution in [0.3, 0.4) is 0 Å². The second kappa shape index (κ2) is 4.84. The van der Waals surface area contributed by atoms with Gasteiger partial charge in [-0.15, -0.1) is 0 Å². The van der Waals surface area contributed by atoms with Gasteiger partial charge >= 0.3 is 5.97 Å². The van der Waals surface area contributed by atoms with Gasteiger partial charge < -0.3 is 5.11 Å². The number of hydrogen-bond acceptors (Lipinski definition) is 3. The molecule has 0 fully saturated rings. The minimum Gasteiger partial charge on any atom is -0.481 e. The molecule has 0 radical (unpaired) electrons. The fourth-order valence-electron chi connectivity index (χ4n) is 1.03. The Morgan fingerprint density at radius 1 is 1.79 bits per heavy atom. The molecule has 1 aromatic heterocycles. The van der Waals surface area contributed by atoms with Gasteiger partial charge in [0.05, 0.1) is 12.5 Å². The van der Waals surface area contributed by atoms with E-state index in [9.17, 15) is 4.79 Å². The Labute approximate surface area is 79.8 Å². The highest BCUT2D eigenvalue weighted by molar-refractivity contribution is 5.67. The molecule has 72 valence electrons. The zero-order valence-corrected chi connectivity index (χ0v) is 7.24. The fraction of sp³-hybridized carbons (Fsp3) is 0.250. The van der Waals surface area contributed by atoms with Gasteiger partial charge in [-0.05, 0) is 17.2 Å². The van der Waals surface area contributed by atoms with Crippen LogP contribution in [0.4, 0.5) is 0 Å². The van der Waals surface area contributed by atoms with E-state index in [1.807, 2.05) is 0 Å². The zero-order valence-electron chi connectivity index (χ0n) is 7.24. The lowest BCUT2D eigenvalue weighted by Crippen LogP contribution is -2.03. The van der Waals surface area contributed by atoms with Crippen molar-refractivity contribution in [1.82, 2.24) is 4.98 Å². The Balaban J connectivity index is 2.88. The number of aromatic nitrogens is 1. The molecular weight excluding hydrogens is 184 g/mol. The second-order valence-corrected chi connectivity index (χ2v) is 2.60. The largest absolute Gasteiger partial charge is 0.481 e. The molecule has 1 heterocycles. The predicted octanol–water partition coefficient (Wildman–Crippen LogP) is 1.91. The average molecular weight is 192 g/mol. The van der Waals surface area contributed by atoms with Crippen LogP contribution in [-0.4, -0.2) is 16.1 Å². The van der Waals surface area contributed by atoms with Crippen LogP contribution in [-0.2, 0) is 4.79 Å². The third-order valence-corrected chi connectivity index (χ3v) is 1.63. The maximum Gasteiger partial charge on any atom is 0.304 e. The molecule has 1 rings (SSSR count). The minimum atomic E-state index is -1.01. The van der Waals surface area contributed by atoms with E-state index in [4.69, 9.17) is 10.6 Å². The smallest absolute Gasteiger partial charge is 0.304 e. The van der Waals surface area contributed by atoms with Crippen molar-refractivity contribution in [3.8, 4) is 0 Å². The lowest BCUT2D eigenvalue weighted by Gasteiger charge is -2.06. The Morgan fingerprint density at radius 3 is 3.07 bits per heavy atom. The van der Waals surface area contributed by atoms with Gasteiger partial charge in [-0.1, -0.05) is 11.2 Å². The third kappa shape index (κ3) is 2.76.